The Morgan fingerprint density at radius 1 is 1.15 bits per heavy atom. The Bertz CT molecular complexity index is 806. The van der Waals surface area contributed by atoms with Crippen molar-refractivity contribution in [1.29, 1.82) is 0 Å². The molecule has 0 spiro atoms. The molecule has 0 atom stereocenters. The summed E-state index contributed by atoms with van der Waals surface area (Å²) in [5.74, 6) is 0.776. The fourth-order valence-electron chi connectivity index (χ4n) is 2.19. The van der Waals surface area contributed by atoms with Crippen LogP contribution in [0.2, 0.25) is 0 Å². The maximum absolute atomic E-state index is 4.76. The van der Waals surface area contributed by atoms with Crippen molar-refractivity contribution in [3.05, 3.63) is 48.4 Å². The largest absolute Gasteiger partial charge is 0.364 e. The molecule has 20 heavy (non-hydrogen) atoms. The van der Waals surface area contributed by atoms with Crippen LogP contribution in [0.5, 0.6) is 0 Å². The second-order valence-electron chi connectivity index (χ2n) is 4.35. The molecule has 7 nitrogen and oxygen atoms in total. The lowest BCUT2D eigenvalue weighted by molar-refractivity contribution is 0.315. The number of aromatic nitrogens is 5. The van der Waals surface area contributed by atoms with Gasteiger partial charge in [0.15, 0.2) is 5.82 Å². The van der Waals surface area contributed by atoms with E-state index in [0.29, 0.717) is 6.54 Å². The Hall–Kier alpha value is -2.96. The number of hydrogen-bond acceptors (Lipinski definition) is 6. The minimum atomic E-state index is 0.587. The van der Waals surface area contributed by atoms with E-state index in [1.165, 1.54) is 6.33 Å². The first-order valence-electron chi connectivity index (χ1n) is 6.14. The number of nitrogens with one attached hydrogen (secondary N) is 1. The van der Waals surface area contributed by atoms with Gasteiger partial charge in [-0.05, 0) is 28.5 Å². The third-order valence-electron chi connectivity index (χ3n) is 3.15. The molecule has 0 aliphatic heterocycles. The van der Waals surface area contributed by atoms with E-state index in [4.69, 9.17) is 4.63 Å². The van der Waals surface area contributed by atoms with Gasteiger partial charge in [0.05, 0.1) is 0 Å². The molecule has 0 amide bonds. The van der Waals surface area contributed by atoms with Gasteiger partial charge in [-0.15, -0.1) is 0 Å². The first-order chi connectivity index (χ1) is 9.92. The standard InChI is InChI=1S/C13H10N6O/c1-3-9(12-10(4-1)17-20-18-12)7-14-13-11-5-2-6-19(11)16-8-15-13/h1-6,8H,7H2,(H,14,15,16). The zero-order valence-electron chi connectivity index (χ0n) is 10.4. The molecule has 4 rings (SSSR count). The molecule has 4 aromatic rings. The van der Waals surface area contributed by atoms with Crippen LogP contribution < -0.4 is 5.32 Å². The van der Waals surface area contributed by atoms with Gasteiger partial charge in [-0.1, -0.05) is 12.1 Å². The van der Waals surface area contributed by atoms with Gasteiger partial charge in [-0.25, -0.2) is 14.1 Å². The number of fused-ring (bicyclic) bond motifs is 2. The summed E-state index contributed by atoms with van der Waals surface area (Å²) in [6.45, 7) is 0.587. The molecular formula is C13H10N6O. The third-order valence-corrected chi connectivity index (χ3v) is 3.15. The third kappa shape index (κ3) is 1.68. The molecule has 7 heteroatoms. The van der Waals surface area contributed by atoms with E-state index in [1.807, 2.05) is 36.5 Å². The maximum atomic E-state index is 4.76. The van der Waals surface area contributed by atoms with Crippen molar-refractivity contribution in [3.8, 4) is 0 Å². The normalized spacial score (nSPS) is 11.2. The molecule has 3 heterocycles. The zero-order chi connectivity index (χ0) is 13.4. The highest BCUT2D eigenvalue weighted by Gasteiger charge is 2.07. The summed E-state index contributed by atoms with van der Waals surface area (Å²) in [5.41, 5.74) is 3.45. The van der Waals surface area contributed by atoms with Crippen molar-refractivity contribution >= 4 is 22.4 Å². The van der Waals surface area contributed by atoms with E-state index in [2.05, 4.69) is 25.7 Å². The predicted octanol–water partition coefficient (Wildman–Crippen LogP) is 1.88. The molecule has 3 aromatic heterocycles. The molecule has 0 saturated carbocycles. The van der Waals surface area contributed by atoms with Crippen LogP contribution in [0.15, 0.2) is 47.5 Å². The minimum absolute atomic E-state index is 0.587. The zero-order valence-corrected chi connectivity index (χ0v) is 10.4. The van der Waals surface area contributed by atoms with Crippen molar-refractivity contribution in [2.24, 2.45) is 0 Å². The Kier molecular flexibility index (Phi) is 2.35. The fourth-order valence-corrected chi connectivity index (χ4v) is 2.19. The van der Waals surface area contributed by atoms with Crippen LogP contribution >= 0.6 is 0 Å². The van der Waals surface area contributed by atoms with Crippen molar-refractivity contribution in [3.63, 3.8) is 0 Å². The van der Waals surface area contributed by atoms with Crippen LogP contribution in [0.1, 0.15) is 5.56 Å². The molecule has 1 N–H and O–H groups in total. The van der Waals surface area contributed by atoms with E-state index in [-0.39, 0.29) is 0 Å². The summed E-state index contributed by atoms with van der Waals surface area (Å²) >= 11 is 0. The SMILES string of the molecule is c1cc(CNc2ncnn3cccc23)c2nonc2c1. The minimum Gasteiger partial charge on any atom is -0.364 e. The molecule has 0 aliphatic carbocycles. The molecular weight excluding hydrogens is 256 g/mol. The monoisotopic (exact) mass is 266 g/mol. The van der Waals surface area contributed by atoms with Gasteiger partial charge in [0, 0.05) is 18.3 Å². The second-order valence-corrected chi connectivity index (χ2v) is 4.35. The highest BCUT2D eigenvalue weighted by Crippen LogP contribution is 2.18. The Balaban J connectivity index is 1.67. The van der Waals surface area contributed by atoms with E-state index in [1.54, 1.807) is 4.52 Å². The number of hydrogen-bond donors (Lipinski definition) is 1. The lowest BCUT2D eigenvalue weighted by Gasteiger charge is -2.06. The van der Waals surface area contributed by atoms with Crippen LogP contribution in [-0.2, 0) is 6.54 Å². The summed E-state index contributed by atoms with van der Waals surface area (Å²) < 4.78 is 6.53. The van der Waals surface area contributed by atoms with E-state index < -0.39 is 0 Å². The molecule has 1 aromatic carbocycles. The predicted molar refractivity (Wildman–Crippen MR) is 72.1 cm³/mol. The quantitative estimate of drug-likeness (QED) is 0.609. The molecule has 0 fully saturated rings. The molecule has 98 valence electrons. The van der Waals surface area contributed by atoms with Crippen LogP contribution in [0, 0.1) is 0 Å². The Morgan fingerprint density at radius 2 is 2.15 bits per heavy atom. The van der Waals surface area contributed by atoms with Gasteiger partial charge in [0.1, 0.15) is 22.9 Å². The molecule has 0 bridgehead atoms. The van der Waals surface area contributed by atoms with Crippen LogP contribution in [-0.4, -0.2) is 24.9 Å². The van der Waals surface area contributed by atoms with Crippen molar-refractivity contribution < 1.29 is 4.63 Å². The summed E-state index contributed by atoms with van der Waals surface area (Å²) in [5, 5.41) is 15.2. The summed E-state index contributed by atoms with van der Waals surface area (Å²) in [4.78, 5) is 4.26. The Labute approximate surface area is 113 Å². The lowest BCUT2D eigenvalue weighted by Crippen LogP contribution is -2.04. The number of anilines is 1. The summed E-state index contributed by atoms with van der Waals surface area (Å²) in [6, 6.07) is 9.66. The van der Waals surface area contributed by atoms with Gasteiger partial charge in [0.25, 0.3) is 0 Å². The maximum Gasteiger partial charge on any atom is 0.154 e. The second kappa shape index (κ2) is 4.30. The highest BCUT2D eigenvalue weighted by molar-refractivity contribution is 5.77. The van der Waals surface area contributed by atoms with Gasteiger partial charge >= 0.3 is 0 Å². The van der Waals surface area contributed by atoms with Gasteiger partial charge in [-0.3, -0.25) is 0 Å². The van der Waals surface area contributed by atoms with Gasteiger partial charge in [0.2, 0.25) is 0 Å². The molecule has 0 aliphatic rings. The fraction of sp³-hybridized carbons (Fsp3) is 0.0769. The van der Waals surface area contributed by atoms with Crippen molar-refractivity contribution in [2.45, 2.75) is 6.54 Å². The van der Waals surface area contributed by atoms with Crippen LogP contribution in [0.4, 0.5) is 5.82 Å². The molecule has 0 saturated heterocycles. The van der Waals surface area contributed by atoms with Crippen molar-refractivity contribution in [2.75, 3.05) is 5.32 Å². The summed E-state index contributed by atoms with van der Waals surface area (Å²) in [6.07, 6.45) is 3.40. The van der Waals surface area contributed by atoms with E-state index in [0.717, 1.165) is 27.9 Å². The topological polar surface area (TPSA) is 81.1 Å². The van der Waals surface area contributed by atoms with E-state index in [9.17, 15) is 0 Å². The summed E-state index contributed by atoms with van der Waals surface area (Å²) in [7, 11) is 0. The molecule has 0 radical (unpaired) electrons. The van der Waals surface area contributed by atoms with Gasteiger partial charge < -0.3 is 5.32 Å². The first kappa shape index (κ1) is 10.9. The van der Waals surface area contributed by atoms with Gasteiger partial charge in [-0.2, -0.15) is 5.10 Å². The first-order valence-corrected chi connectivity index (χ1v) is 6.14. The molecule has 0 unspecified atom stereocenters. The smallest absolute Gasteiger partial charge is 0.154 e. The number of benzene rings is 1. The van der Waals surface area contributed by atoms with Crippen molar-refractivity contribution in [1.82, 2.24) is 24.9 Å². The van der Waals surface area contributed by atoms with Crippen LogP contribution in [0.25, 0.3) is 16.6 Å². The van der Waals surface area contributed by atoms with Crippen LogP contribution in [0.3, 0.4) is 0 Å². The average Bonchev–Trinajstić information content (AvgIpc) is 3.13. The van der Waals surface area contributed by atoms with E-state index >= 15 is 0 Å². The number of rotatable bonds is 3. The number of nitrogens with zero attached hydrogens (tertiary/aromatic N) is 5. The highest BCUT2D eigenvalue weighted by atomic mass is 16.6. The Morgan fingerprint density at radius 3 is 3.15 bits per heavy atom. The average molecular weight is 266 g/mol. The lowest BCUT2D eigenvalue weighted by atomic mass is 10.2.